The molecule has 0 N–H and O–H groups in total. The van der Waals surface area contributed by atoms with E-state index in [-0.39, 0.29) is 5.91 Å². The lowest BCUT2D eigenvalue weighted by atomic mass is 9.98. The molecule has 0 saturated heterocycles. The number of carbonyl (C=O) groups excluding carboxylic acids is 1. The average molecular weight is 265 g/mol. The van der Waals surface area contributed by atoms with E-state index < -0.39 is 0 Å². The molecule has 102 valence electrons. The normalized spacial score (nSPS) is 15.3. The van der Waals surface area contributed by atoms with Crippen molar-refractivity contribution in [3.05, 3.63) is 65.2 Å². The van der Waals surface area contributed by atoms with Crippen LogP contribution in [0.3, 0.4) is 0 Å². The molecular formula is C18H19NO. The lowest BCUT2D eigenvalue weighted by Gasteiger charge is -2.17. The lowest BCUT2D eigenvalue weighted by molar-refractivity contribution is 0.0996. The summed E-state index contributed by atoms with van der Waals surface area (Å²) in [6, 6.07) is 16.2. The second kappa shape index (κ2) is 5.12. The summed E-state index contributed by atoms with van der Waals surface area (Å²) in [5.41, 5.74) is 4.26. The van der Waals surface area contributed by atoms with Gasteiger partial charge in [0.05, 0.1) is 6.54 Å². The van der Waals surface area contributed by atoms with Crippen LogP contribution in [0, 0.1) is 0 Å². The van der Waals surface area contributed by atoms with Crippen LogP contribution < -0.4 is 4.90 Å². The fraction of sp³-hybridized carbons (Fsp3) is 0.278. The number of carbonyl (C=O) groups is 1. The third-order valence-corrected chi connectivity index (χ3v) is 4.21. The zero-order valence-electron chi connectivity index (χ0n) is 12.0. The maximum Gasteiger partial charge on any atom is 0.258 e. The van der Waals surface area contributed by atoms with Crippen molar-refractivity contribution in [1.82, 2.24) is 0 Å². The second-order valence-electron chi connectivity index (χ2n) is 5.45. The highest BCUT2D eigenvalue weighted by atomic mass is 16.2. The predicted molar refractivity (Wildman–Crippen MR) is 82.1 cm³/mol. The first-order valence-electron chi connectivity index (χ1n) is 7.20. The van der Waals surface area contributed by atoms with Crippen LogP contribution in [-0.2, 0) is 6.54 Å². The van der Waals surface area contributed by atoms with Crippen molar-refractivity contribution >= 4 is 11.6 Å². The van der Waals surface area contributed by atoms with Gasteiger partial charge in [-0.2, -0.15) is 0 Å². The number of benzene rings is 2. The van der Waals surface area contributed by atoms with E-state index in [1.807, 2.05) is 29.2 Å². The molecule has 2 nitrogen and oxygen atoms in total. The maximum absolute atomic E-state index is 12.4. The molecule has 1 aliphatic rings. The molecule has 0 bridgehead atoms. The van der Waals surface area contributed by atoms with Gasteiger partial charge in [-0.3, -0.25) is 4.79 Å². The van der Waals surface area contributed by atoms with E-state index >= 15 is 0 Å². The molecule has 2 aromatic rings. The molecule has 2 heteroatoms. The Balaban J connectivity index is 1.87. The highest BCUT2D eigenvalue weighted by Crippen LogP contribution is 2.29. The smallest absolute Gasteiger partial charge is 0.258 e. The Kier molecular flexibility index (Phi) is 3.31. The molecule has 0 aliphatic carbocycles. The summed E-state index contributed by atoms with van der Waals surface area (Å²) in [4.78, 5) is 14.3. The van der Waals surface area contributed by atoms with Crippen LogP contribution >= 0.6 is 0 Å². The van der Waals surface area contributed by atoms with Gasteiger partial charge in [-0.15, -0.1) is 0 Å². The molecule has 3 rings (SSSR count). The van der Waals surface area contributed by atoms with Crippen molar-refractivity contribution in [2.75, 3.05) is 4.90 Å². The third kappa shape index (κ3) is 2.11. The highest BCUT2D eigenvalue weighted by Gasteiger charge is 2.27. The first-order valence-corrected chi connectivity index (χ1v) is 7.20. The number of rotatable bonds is 3. The van der Waals surface area contributed by atoms with E-state index in [9.17, 15) is 4.79 Å². The fourth-order valence-corrected chi connectivity index (χ4v) is 2.68. The van der Waals surface area contributed by atoms with Gasteiger partial charge in [0.1, 0.15) is 0 Å². The zero-order valence-corrected chi connectivity index (χ0v) is 12.0. The van der Waals surface area contributed by atoms with Crippen LogP contribution in [0.5, 0.6) is 0 Å². The Labute approximate surface area is 120 Å². The van der Waals surface area contributed by atoms with E-state index in [4.69, 9.17) is 0 Å². The molecule has 20 heavy (non-hydrogen) atoms. The Hall–Kier alpha value is -2.09. The maximum atomic E-state index is 12.4. The molecule has 0 saturated carbocycles. The lowest BCUT2D eigenvalue weighted by Crippen LogP contribution is -2.22. The summed E-state index contributed by atoms with van der Waals surface area (Å²) in [5, 5.41) is 0. The van der Waals surface area contributed by atoms with E-state index in [1.165, 1.54) is 5.56 Å². The van der Waals surface area contributed by atoms with Gasteiger partial charge in [-0.25, -0.2) is 0 Å². The Morgan fingerprint density at radius 3 is 2.45 bits per heavy atom. The first kappa shape index (κ1) is 12.9. The molecule has 1 aliphatic heterocycles. The molecule has 2 aromatic carbocycles. The summed E-state index contributed by atoms with van der Waals surface area (Å²) in [6.45, 7) is 5.10. The molecule has 0 aromatic heterocycles. The van der Waals surface area contributed by atoms with Crippen LogP contribution in [0.4, 0.5) is 5.69 Å². The monoisotopic (exact) mass is 265 g/mol. The minimum Gasteiger partial charge on any atom is -0.304 e. The van der Waals surface area contributed by atoms with Crippen LogP contribution in [0.1, 0.15) is 47.7 Å². The van der Waals surface area contributed by atoms with Gasteiger partial charge < -0.3 is 4.90 Å². The molecule has 1 atom stereocenters. The minimum absolute atomic E-state index is 0.108. The highest BCUT2D eigenvalue weighted by molar-refractivity contribution is 6.09. The summed E-state index contributed by atoms with van der Waals surface area (Å²) >= 11 is 0. The van der Waals surface area contributed by atoms with Gasteiger partial charge in [0.2, 0.25) is 0 Å². The van der Waals surface area contributed by atoms with Gasteiger partial charge in [0.25, 0.3) is 5.91 Å². The largest absolute Gasteiger partial charge is 0.304 e. The summed E-state index contributed by atoms with van der Waals surface area (Å²) < 4.78 is 0. The fourth-order valence-electron chi connectivity index (χ4n) is 2.68. The minimum atomic E-state index is 0.108. The third-order valence-electron chi connectivity index (χ3n) is 4.21. The summed E-state index contributed by atoms with van der Waals surface area (Å²) in [7, 11) is 0. The van der Waals surface area contributed by atoms with E-state index in [0.717, 1.165) is 23.2 Å². The number of hydrogen-bond donors (Lipinski definition) is 0. The van der Waals surface area contributed by atoms with Crippen molar-refractivity contribution in [3.8, 4) is 0 Å². The van der Waals surface area contributed by atoms with Crippen molar-refractivity contribution in [1.29, 1.82) is 0 Å². The van der Waals surface area contributed by atoms with E-state index in [1.54, 1.807) is 0 Å². The number of anilines is 1. The summed E-state index contributed by atoms with van der Waals surface area (Å²) in [6.07, 6.45) is 1.13. The Morgan fingerprint density at radius 1 is 1.10 bits per heavy atom. The van der Waals surface area contributed by atoms with E-state index in [2.05, 4.69) is 38.1 Å². The Bertz CT molecular complexity index is 630. The standard InChI is InChI=1S/C18H19NO/c1-3-13(2)14-8-10-16(11-9-14)19-12-15-6-4-5-7-17(15)18(19)20/h4-11,13H,3,12H2,1-2H3. The van der Waals surface area contributed by atoms with Crippen LogP contribution in [-0.4, -0.2) is 5.91 Å². The first-order chi connectivity index (χ1) is 9.70. The number of nitrogens with zero attached hydrogens (tertiary/aromatic N) is 1. The molecule has 0 radical (unpaired) electrons. The van der Waals surface area contributed by atoms with Gasteiger partial charge in [0.15, 0.2) is 0 Å². The average Bonchev–Trinajstić information content (AvgIpc) is 2.84. The van der Waals surface area contributed by atoms with Crippen LogP contribution in [0.25, 0.3) is 0 Å². The number of hydrogen-bond acceptors (Lipinski definition) is 1. The topological polar surface area (TPSA) is 20.3 Å². The summed E-state index contributed by atoms with van der Waals surface area (Å²) in [5.74, 6) is 0.674. The van der Waals surface area contributed by atoms with Gasteiger partial charge in [0, 0.05) is 11.3 Å². The quantitative estimate of drug-likeness (QED) is 0.807. The van der Waals surface area contributed by atoms with Gasteiger partial charge in [-0.1, -0.05) is 44.2 Å². The molecule has 1 heterocycles. The van der Waals surface area contributed by atoms with Crippen molar-refractivity contribution in [2.45, 2.75) is 32.7 Å². The molecule has 1 unspecified atom stereocenters. The van der Waals surface area contributed by atoms with Crippen molar-refractivity contribution in [3.63, 3.8) is 0 Å². The Morgan fingerprint density at radius 2 is 1.80 bits per heavy atom. The SMILES string of the molecule is CCC(C)c1ccc(N2Cc3ccccc3C2=O)cc1. The van der Waals surface area contributed by atoms with Gasteiger partial charge >= 0.3 is 0 Å². The second-order valence-corrected chi connectivity index (χ2v) is 5.45. The predicted octanol–water partition coefficient (Wildman–Crippen LogP) is 4.36. The number of fused-ring (bicyclic) bond motifs is 1. The molecule has 1 amide bonds. The zero-order chi connectivity index (χ0) is 14.1. The number of amides is 1. The van der Waals surface area contributed by atoms with Crippen molar-refractivity contribution in [2.24, 2.45) is 0 Å². The van der Waals surface area contributed by atoms with Crippen LogP contribution in [0.15, 0.2) is 48.5 Å². The molecule has 0 fully saturated rings. The van der Waals surface area contributed by atoms with Crippen LogP contribution in [0.2, 0.25) is 0 Å². The van der Waals surface area contributed by atoms with Gasteiger partial charge in [-0.05, 0) is 41.7 Å². The van der Waals surface area contributed by atoms with Crippen molar-refractivity contribution < 1.29 is 4.79 Å². The molecular weight excluding hydrogens is 246 g/mol. The molecule has 0 spiro atoms. The van der Waals surface area contributed by atoms with E-state index in [0.29, 0.717) is 12.5 Å².